The SMILES string of the molecule is COc1ccc(C(Br)c2ccc(Cl)cc2)c(C)c1. The monoisotopic (exact) mass is 324 g/mol. The van der Waals surface area contributed by atoms with Crippen LogP contribution in [0.3, 0.4) is 0 Å². The highest BCUT2D eigenvalue weighted by Gasteiger charge is 2.13. The molecule has 0 aromatic heterocycles. The van der Waals surface area contributed by atoms with Gasteiger partial charge in [0.05, 0.1) is 11.9 Å². The van der Waals surface area contributed by atoms with E-state index in [4.69, 9.17) is 16.3 Å². The summed E-state index contributed by atoms with van der Waals surface area (Å²) in [6, 6.07) is 14.0. The Balaban J connectivity index is 2.33. The lowest BCUT2D eigenvalue weighted by molar-refractivity contribution is 0.414. The summed E-state index contributed by atoms with van der Waals surface area (Å²) in [6.45, 7) is 2.09. The zero-order valence-electron chi connectivity index (χ0n) is 10.3. The first-order valence-corrected chi connectivity index (χ1v) is 6.95. The average molecular weight is 326 g/mol. The molecule has 94 valence electrons. The minimum atomic E-state index is 0.167. The van der Waals surface area contributed by atoms with Crippen LogP contribution in [0.5, 0.6) is 5.75 Å². The Labute approximate surface area is 121 Å². The molecule has 0 saturated heterocycles. The van der Waals surface area contributed by atoms with Gasteiger partial charge in [0.25, 0.3) is 0 Å². The molecule has 0 saturated carbocycles. The van der Waals surface area contributed by atoms with E-state index in [0.717, 1.165) is 10.8 Å². The number of halogens is 2. The lowest BCUT2D eigenvalue weighted by Crippen LogP contribution is -1.96. The number of rotatable bonds is 3. The van der Waals surface area contributed by atoms with Crippen molar-refractivity contribution in [3.63, 3.8) is 0 Å². The minimum Gasteiger partial charge on any atom is -0.497 e. The van der Waals surface area contributed by atoms with Crippen molar-refractivity contribution in [1.82, 2.24) is 0 Å². The van der Waals surface area contributed by atoms with E-state index in [9.17, 15) is 0 Å². The highest BCUT2D eigenvalue weighted by Crippen LogP contribution is 2.34. The summed E-state index contributed by atoms with van der Waals surface area (Å²) >= 11 is 9.63. The number of alkyl halides is 1. The smallest absolute Gasteiger partial charge is 0.119 e. The summed E-state index contributed by atoms with van der Waals surface area (Å²) in [4.78, 5) is 0.167. The van der Waals surface area contributed by atoms with E-state index in [-0.39, 0.29) is 4.83 Å². The van der Waals surface area contributed by atoms with Gasteiger partial charge in [-0.3, -0.25) is 0 Å². The van der Waals surface area contributed by atoms with Gasteiger partial charge in [-0.05, 0) is 47.9 Å². The second-order valence-electron chi connectivity index (χ2n) is 4.14. The van der Waals surface area contributed by atoms with Gasteiger partial charge < -0.3 is 4.74 Å². The third-order valence-corrected chi connectivity index (χ3v) is 4.19. The predicted octanol–water partition coefficient (Wildman–Crippen LogP) is 5.14. The van der Waals surface area contributed by atoms with Gasteiger partial charge in [0.1, 0.15) is 5.75 Å². The molecule has 2 aromatic rings. The number of methoxy groups -OCH3 is 1. The van der Waals surface area contributed by atoms with Crippen molar-refractivity contribution in [1.29, 1.82) is 0 Å². The largest absolute Gasteiger partial charge is 0.497 e. The Morgan fingerprint density at radius 1 is 1.11 bits per heavy atom. The molecule has 0 aliphatic carbocycles. The summed E-state index contributed by atoms with van der Waals surface area (Å²) in [5.41, 5.74) is 3.62. The Kier molecular flexibility index (Phi) is 4.31. The zero-order chi connectivity index (χ0) is 13.1. The quantitative estimate of drug-likeness (QED) is 0.710. The maximum absolute atomic E-state index is 5.90. The van der Waals surface area contributed by atoms with Crippen LogP contribution in [0.2, 0.25) is 5.02 Å². The van der Waals surface area contributed by atoms with Crippen LogP contribution in [-0.4, -0.2) is 7.11 Å². The van der Waals surface area contributed by atoms with Gasteiger partial charge in [-0.1, -0.05) is 45.7 Å². The summed E-state index contributed by atoms with van der Waals surface area (Å²) in [5.74, 6) is 0.882. The van der Waals surface area contributed by atoms with Crippen LogP contribution in [-0.2, 0) is 0 Å². The van der Waals surface area contributed by atoms with Crippen molar-refractivity contribution < 1.29 is 4.74 Å². The third-order valence-electron chi connectivity index (χ3n) is 2.91. The van der Waals surface area contributed by atoms with Crippen molar-refractivity contribution in [3.8, 4) is 5.75 Å². The van der Waals surface area contributed by atoms with E-state index >= 15 is 0 Å². The second kappa shape index (κ2) is 5.77. The number of hydrogen-bond acceptors (Lipinski definition) is 1. The summed E-state index contributed by atoms with van der Waals surface area (Å²) in [5, 5.41) is 0.755. The molecule has 0 spiro atoms. The molecule has 0 bridgehead atoms. The van der Waals surface area contributed by atoms with Crippen LogP contribution in [0.15, 0.2) is 42.5 Å². The molecule has 18 heavy (non-hydrogen) atoms. The topological polar surface area (TPSA) is 9.23 Å². The number of hydrogen-bond donors (Lipinski definition) is 0. The highest BCUT2D eigenvalue weighted by atomic mass is 79.9. The molecule has 0 aliphatic rings. The maximum Gasteiger partial charge on any atom is 0.119 e. The molecule has 0 N–H and O–H groups in total. The van der Waals surface area contributed by atoms with Gasteiger partial charge in [-0.25, -0.2) is 0 Å². The Hall–Kier alpha value is -0.990. The normalized spacial score (nSPS) is 12.2. The van der Waals surface area contributed by atoms with Gasteiger partial charge in [-0.15, -0.1) is 0 Å². The first-order valence-electron chi connectivity index (χ1n) is 5.66. The minimum absolute atomic E-state index is 0.167. The summed E-state index contributed by atoms with van der Waals surface area (Å²) in [6.07, 6.45) is 0. The van der Waals surface area contributed by atoms with Gasteiger partial charge in [0, 0.05) is 5.02 Å². The van der Waals surface area contributed by atoms with Crippen LogP contribution in [0.4, 0.5) is 0 Å². The Bertz CT molecular complexity index is 537. The molecule has 1 atom stereocenters. The Morgan fingerprint density at radius 3 is 2.33 bits per heavy atom. The lowest BCUT2D eigenvalue weighted by atomic mass is 10.0. The van der Waals surface area contributed by atoms with Crippen LogP contribution in [0, 0.1) is 6.92 Å². The molecule has 2 aromatic carbocycles. The maximum atomic E-state index is 5.90. The average Bonchev–Trinajstić information content (AvgIpc) is 2.38. The van der Waals surface area contributed by atoms with E-state index in [0.29, 0.717) is 0 Å². The van der Waals surface area contributed by atoms with Crippen LogP contribution < -0.4 is 4.74 Å². The van der Waals surface area contributed by atoms with Crippen molar-refractivity contribution in [2.75, 3.05) is 7.11 Å². The lowest BCUT2D eigenvalue weighted by Gasteiger charge is -2.14. The fourth-order valence-electron chi connectivity index (χ4n) is 1.87. The summed E-state index contributed by atoms with van der Waals surface area (Å²) < 4.78 is 5.22. The van der Waals surface area contributed by atoms with Gasteiger partial charge in [0.2, 0.25) is 0 Å². The molecular weight excluding hydrogens is 312 g/mol. The van der Waals surface area contributed by atoms with E-state index in [1.54, 1.807) is 7.11 Å². The second-order valence-corrected chi connectivity index (χ2v) is 5.49. The van der Waals surface area contributed by atoms with Crippen LogP contribution in [0.1, 0.15) is 21.5 Å². The van der Waals surface area contributed by atoms with E-state index in [1.165, 1.54) is 16.7 Å². The molecule has 0 fully saturated rings. The molecule has 0 aliphatic heterocycles. The van der Waals surface area contributed by atoms with Crippen LogP contribution >= 0.6 is 27.5 Å². The zero-order valence-corrected chi connectivity index (χ0v) is 12.6. The number of ether oxygens (including phenoxy) is 1. The van der Waals surface area contributed by atoms with Crippen molar-refractivity contribution in [3.05, 3.63) is 64.2 Å². The van der Waals surface area contributed by atoms with Crippen LogP contribution in [0.25, 0.3) is 0 Å². The highest BCUT2D eigenvalue weighted by molar-refractivity contribution is 9.09. The Morgan fingerprint density at radius 2 is 1.78 bits per heavy atom. The molecule has 2 rings (SSSR count). The fraction of sp³-hybridized carbons (Fsp3) is 0.200. The van der Waals surface area contributed by atoms with Gasteiger partial charge in [-0.2, -0.15) is 0 Å². The number of aryl methyl sites for hydroxylation is 1. The molecule has 1 nitrogen and oxygen atoms in total. The van der Waals surface area contributed by atoms with Crippen molar-refractivity contribution in [2.24, 2.45) is 0 Å². The third kappa shape index (κ3) is 2.88. The van der Waals surface area contributed by atoms with E-state index in [1.807, 2.05) is 36.4 Å². The van der Waals surface area contributed by atoms with E-state index in [2.05, 4.69) is 28.9 Å². The first-order chi connectivity index (χ1) is 8.61. The molecule has 1 unspecified atom stereocenters. The standard InChI is InChI=1S/C15H14BrClO/c1-10-9-13(18-2)7-8-14(10)15(16)11-3-5-12(17)6-4-11/h3-9,15H,1-2H3. The van der Waals surface area contributed by atoms with Gasteiger partial charge >= 0.3 is 0 Å². The molecule has 0 radical (unpaired) electrons. The van der Waals surface area contributed by atoms with Gasteiger partial charge in [0.15, 0.2) is 0 Å². The van der Waals surface area contributed by atoms with Crippen molar-refractivity contribution >= 4 is 27.5 Å². The molecular formula is C15H14BrClO. The predicted molar refractivity (Wildman–Crippen MR) is 80.0 cm³/mol. The molecule has 3 heteroatoms. The van der Waals surface area contributed by atoms with Crippen molar-refractivity contribution in [2.45, 2.75) is 11.8 Å². The fourth-order valence-corrected chi connectivity index (χ4v) is 2.82. The first kappa shape index (κ1) is 13.4. The molecule has 0 heterocycles. The summed E-state index contributed by atoms with van der Waals surface area (Å²) in [7, 11) is 1.68. The molecule has 0 amide bonds. The number of benzene rings is 2. The van der Waals surface area contributed by atoms with E-state index < -0.39 is 0 Å².